The van der Waals surface area contributed by atoms with E-state index in [0.29, 0.717) is 17.3 Å². The molecule has 0 N–H and O–H groups in total. The fourth-order valence-electron chi connectivity index (χ4n) is 9.74. The molecule has 42 heavy (non-hydrogen) atoms. The maximum absolute atomic E-state index is 4.52. The first-order valence-electron chi connectivity index (χ1n) is 16.3. The molecule has 1 spiro atoms. The summed E-state index contributed by atoms with van der Waals surface area (Å²) in [4.78, 5) is 7.29. The van der Waals surface area contributed by atoms with Gasteiger partial charge in [0.15, 0.2) is 0 Å². The van der Waals surface area contributed by atoms with Gasteiger partial charge >= 0.3 is 0 Å². The van der Waals surface area contributed by atoms with Crippen LogP contribution in [0, 0.1) is 35.6 Å². The normalized spacial score (nSPS) is 29.0. The summed E-state index contributed by atoms with van der Waals surface area (Å²) < 4.78 is 0. The number of fused-ring (bicyclic) bond motifs is 3. The summed E-state index contributed by atoms with van der Waals surface area (Å²) in [6, 6.07) is 23.5. The van der Waals surface area contributed by atoms with Gasteiger partial charge in [0.05, 0.1) is 0 Å². The monoisotopic (exact) mass is 741 g/mol. The number of aromatic nitrogens is 1. The third-order valence-corrected chi connectivity index (χ3v) is 11.3. The molecule has 9 rings (SSSR count). The molecule has 0 unspecified atom stereocenters. The van der Waals surface area contributed by atoms with Gasteiger partial charge in [0.25, 0.3) is 0 Å². The molecule has 4 bridgehead atoms. The Bertz CT molecular complexity index is 1450. The Balaban J connectivity index is 0.000000188. The van der Waals surface area contributed by atoms with Gasteiger partial charge in [0.2, 0.25) is 0 Å². The molecule has 4 saturated carbocycles. The maximum Gasteiger partial charge on any atom is 0.0145 e. The van der Waals surface area contributed by atoms with Crippen LogP contribution >= 0.6 is 0 Å². The molecule has 0 atom stereocenters. The van der Waals surface area contributed by atoms with Crippen molar-refractivity contribution >= 4 is 27.5 Å². The van der Waals surface area contributed by atoms with E-state index in [1.54, 1.807) is 12.1 Å². The minimum atomic E-state index is 0. The summed E-state index contributed by atoms with van der Waals surface area (Å²) in [6.07, 6.45) is 8.95. The first-order valence-corrected chi connectivity index (χ1v) is 16.3. The van der Waals surface area contributed by atoms with Crippen molar-refractivity contribution in [3.63, 3.8) is 0 Å². The van der Waals surface area contributed by atoms with Gasteiger partial charge < -0.3 is 9.88 Å². The Morgan fingerprint density at radius 3 is 1.64 bits per heavy atom. The number of hydrogen-bond acceptors (Lipinski definition) is 1. The van der Waals surface area contributed by atoms with Crippen LogP contribution in [0.4, 0.5) is 5.69 Å². The second-order valence-electron chi connectivity index (χ2n) is 15.1. The van der Waals surface area contributed by atoms with Crippen LogP contribution in [-0.2, 0) is 22.4 Å². The third kappa shape index (κ3) is 4.90. The Kier molecular flexibility index (Phi) is 7.99. The summed E-state index contributed by atoms with van der Waals surface area (Å²) in [5.41, 5.74) is 7.47. The fraction of sp³-hybridized carbons (Fsp3) is 0.513. The van der Waals surface area contributed by atoms with Crippen LogP contribution in [0.1, 0.15) is 103 Å². The minimum absolute atomic E-state index is 0. The van der Waals surface area contributed by atoms with Crippen LogP contribution in [0.5, 0.6) is 0 Å². The molecule has 4 aromatic rings. The zero-order valence-electron chi connectivity index (χ0n) is 26.3. The van der Waals surface area contributed by atoms with Gasteiger partial charge in [0, 0.05) is 33.6 Å². The zero-order valence-corrected chi connectivity index (χ0v) is 28.5. The molecule has 3 aromatic carbocycles. The Labute approximate surface area is 269 Å². The van der Waals surface area contributed by atoms with Crippen LogP contribution in [0.3, 0.4) is 0 Å². The van der Waals surface area contributed by atoms with Crippen molar-refractivity contribution in [2.24, 2.45) is 29.1 Å². The number of anilines is 1. The molecule has 3 heteroatoms. The number of benzene rings is 3. The van der Waals surface area contributed by atoms with Crippen LogP contribution in [0.15, 0.2) is 66.7 Å². The predicted octanol–water partition coefficient (Wildman–Crippen LogP) is 10.5. The van der Waals surface area contributed by atoms with Crippen LogP contribution in [0.2, 0.25) is 0 Å². The fourth-order valence-corrected chi connectivity index (χ4v) is 9.74. The first-order chi connectivity index (χ1) is 19.7. The van der Waals surface area contributed by atoms with Crippen molar-refractivity contribution in [2.75, 3.05) is 4.90 Å². The second kappa shape index (κ2) is 11.2. The molecule has 1 saturated heterocycles. The van der Waals surface area contributed by atoms with Gasteiger partial charge in [-0.15, -0.1) is 16.4 Å². The third-order valence-electron chi connectivity index (χ3n) is 11.3. The van der Waals surface area contributed by atoms with Crippen molar-refractivity contribution in [1.82, 2.24) is 4.98 Å². The molecule has 2 heterocycles. The molecule has 2 nitrogen and oxygen atoms in total. The average molecular weight is 742 g/mol. The summed E-state index contributed by atoms with van der Waals surface area (Å²) in [5.74, 6) is 5.12. The summed E-state index contributed by atoms with van der Waals surface area (Å²) in [5, 5.41) is 2.50. The van der Waals surface area contributed by atoms with Gasteiger partial charge in [0.1, 0.15) is 0 Å². The second-order valence-corrected chi connectivity index (χ2v) is 15.1. The van der Waals surface area contributed by atoms with E-state index in [4.69, 9.17) is 0 Å². The average Bonchev–Trinajstić information content (AvgIpc) is 3.46. The van der Waals surface area contributed by atoms with E-state index < -0.39 is 0 Å². The summed E-state index contributed by atoms with van der Waals surface area (Å²) in [7, 11) is 0. The zero-order chi connectivity index (χ0) is 28.5. The largest absolute Gasteiger partial charge is 0.657 e. The minimum Gasteiger partial charge on any atom is -0.657 e. The van der Waals surface area contributed by atoms with Crippen molar-refractivity contribution in [2.45, 2.75) is 97.4 Å². The SMILES string of the molecule is CC(C)c1cccc(C(C)C)c1N1[CH-]C2(CC1(C)C)C1CC3CC(C1)CC2C3.[Au].c1ccc2c(c1)[n-]c1ccccc12. The van der Waals surface area contributed by atoms with Gasteiger partial charge in [-0.3, -0.25) is 0 Å². The van der Waals surface area contributed by atoms with E-state index in [2.05, 4.69) is 113 Å². The van der Waals surface area contributed by atoms with Gasteiger partial charge in [-0.05, 0) is 91.5 Å². The molecule has 1 radical (unpaired) electrons. The topological polar surface area (TPSA) is 17.3 Å². The molecule has 227 valence electrons. The van der Waals surface area contributed by atoms with Crippen LogP contribution in [0.25, 0.3) is 21.8 Å². The van der Waals surface area contributed by atoms with Crippen molar-refractivity contribution in [3.05, 3.63) is 84.4 Å². The predicted molar refractivity (Wildman–Crippen MR) is 174 cm³/mol. The Morgan fingerprint density at radius 1 is 0.690 bits per heavy atom. The van der Waals surface area contributed by atoms with Crippen molar-refractivity contribution in [1.29, 1.82) is 0 Å². The molecule has 5 fully saturated rings. The summed E-state index contributed by atoms with van der Waals surface area (Å²) >= 11 is 0. The quantitative estimate of drug-likeness (QED) is 0.154. The Hall–Kier alpha value is -2.00. The molecular weight excluding hydrogens is 693 g/mol. The van der Waals surface area contributed by atoms with E-state index in [-0.39, 0.29) is 27.9 Å². The maximum atomic E-state index is 4.52. The smallest absolute Gasteiger partial charge is 0.0145 e. The van der Waals surface area contributed by atoms with E-state index in [9.17, 15) is 0 Å². The summed E-state index contributed by atoms with van der Waals surface area (Å²) in [6.45, 7) is 17.3. The van der Waals surface area contributed by atoms with E-state index >= 15 is 0 Å². The number of para-hydroxylation sites is 3. The number of hydrogen-bond donors (Lipinski definition) is 0. The number of nitrogens with zero attached hydrogens (tertiary/aromatic N) is 2. The van der Waals surface area contributed by atoms with Crippen LogP contribution < -0.4 is 9.88 Å². The number of rotatable bonds is 3. The molecule has 4 aliphatic carbocycles. The van der Waals surface area contributed by atoms with Gasteiger partial charge in [-0.1, -0.05) is 113 Å². The molecule has 0 amide bonds. The molecule has 1 aromatic heterocycles. The first kappa shape index (κ1) is 30.0. The van der Waals surface area contributed by atoms with E-state index in [1.165, 1.54) is 54.0 Å². The van der Waals surface area contributed by atoms with Gasteiger partial charge in [-0.25, -0.2) is 6.54 Å². The molecular formula is C39H48AuN2-2. The van der Waals surface area contributed by atoms with Crippen LogP contribution in [-0.4, -0.2) is 5.54 Å². The van der Waals surface area contributed by atoms with E-state index in [1.807, 2.05) is 12.1 Å². The van der Waals surface area contributed by atoms with Gasteiger partial charge in [-0.2, -0.15) is 0 Å². The standard InChI is InChI=1S/C27H40N.C12H8N.Au/c1-17(2)23-8-7-9-24(18(3)4)25(23)28-16-27(15-26(28,5)6)21-11-19-10-20(13-21)14-22(27)12-19;1-3-7-11-9(5-1)10-6-2-4-8-12(10)13-11;/h7-9,16-22H,10-15H2,1-6H3;1-8H;/q2*-1;. The van der Waals surface area contributed by atoms with Crippen molar-refractivity contribution in [3.8, 4) is 0 Å². The van der Waals surface area contributed by atoms with Crippen molar-refractivity contribution < 1.29 is 22.4 Å². The van der Waals surface area contributed by atoms with E-state index in [0.717, 1.165) is 34.7 Å². The molecule has 5 aliphatic rings. The molecule has 1 aliphatic heterocycles. The Morgan fingerprint density at radius 2 is 1.17 bits per heavy atom.